The summed E-state index contributed by atoms with van der Waals surface area (Å²) in [5.74, 6) is -0.496. The van der Waals surface area contributed by atoms with Crippen LogP contribution in [0.25, 0.3) is 11.0 Å². The summed E-state index contributed by atoms with van der Waals surface area (Å²) in [5, 5.41) is 0. The Hall–Kier alpha value is -2.61. The van der Waals surface area contributed by atoms with E-state index in [0.29, 0.717) is 22.3 Å². The van der Waals surface area contributed by atoms with Crippen LogP contribution < -0.4 is 10.4 Å². The first-order chi connectivity index (χ1) is 10.8. The molecule has 0 saturated heterocycles. The normalized spacial score (nSPS) is 11.8. The predicted molar refractivity (Wildman–Crippen MR) is 85.5 cm³/mol. The molecule has 0 aliphatic rings. The van der Waals surface area contributed by atoms with Crippen molar-refractivity contribution in [2.75, 3.05) is 4.72 Å². The average molecular weight is 335 g/mol. The van der Waals surface area contributed by atoms with Crippen molar-refractivity contribution in [3.05, 3.63) is 58.3 Å². The van der Waals surface area contributed by atoms with Gasteiger partial charge < -0.3 is 4.98 Å². The molecule has 0 spiro atoms. The molecule has 1 heterocycles. The molecule has 0 aliphatic carbocycles. The zero-order valence-corrected chi connectivity index (χ0v) is 13.2. The molecule has 120 valence electrons. The molecule has 1 aromatic heterocycles. The molecule has 3 rings (SSSR count). The van der Waals surface area contributed by atoms with Crippen molar-refractivity contribution in [3.63, 3.8) is 0 Å². The standard InChI is InChI=1S/C15H14FN3O3S/c1-9-7-10(16)3-6-14(9)23(21,22)18-11-4-5-13-12(8-11)17-15(20)19(13)2/h3-8,18H,1-2H3,(H,17,20). The van der Waals surface area contributed by atoms with E-state index in [0.717, 1.165) is 12.1 Å². The molecule has 2 aromatic carbocycles. The fourth-order valence-electron chi connectivity index (χ4n) is 2.43. The molecule has 0 unspecified atom stereocenters. The van der Waals surface area contributed by atoms with Gasteiger partial charge in [-0.05, 0) is 48.9 Å². The molecule has 0 fully saturated rings. The van der Waals surface area contributed by atoms with Gasteiger partial charge in [0.05, 0.1) is 21.6 Å². The molecule has 8 heteroatoms. The Kier molecular flexibility index (Phi) is 3.48. The number of halogens is 1. The summed E-state index contributed by atoms with van der Waals surface area (Å²) >= 11 is 0. The van der Waals surface area contributed by atoms with Gasteiger partial charge in [0.2, 0.25) is 0 Å². The Bertz CT molecular complexity index is 1070. The number of aryl methyl sites for hydroxylation is 2. The van der Waals surface area contributed by atoms with Crippen LogP contribution in [-0.2, 0) is 17.1 Å². The SMILES string of the molecule is Cc1cc(F)ccc1S(=O)(=O)Nc1ccc2c(c1)[nH]c(=O)n2C. The highest BCUT2D eigenvalue weighted by Gasteiger charge is 2.17. The lowest BCUT2D eigenvalue weighted by molar-refractivity contribution is 0.598. The van der Waals surface area contributed by atoms with Crippen LogP contribution in [0.15, 0.2) is 46.1 Å². The van der Waals surface area contributed by atoms with Crippen molar-refractivity contribution in [2.24, 2.45) is 7.05 Å². The van der Waals surface area contributed by atoms with Crippen LogP contribution in [0.3, 0.4) is 0 Å². The molecular formula is C15H14FN3O3S. The Labute approximate surface area is 131 Å². The van der Waals surface area contributed by atoms with Gasteiger partial charge in [-0.3, -0.25) is 9.29 Å². The van der Waals surface area contributed by atoms with Gasteiger partial charge in [-0.2, -0.15) is 0 Å². The van der Waals surface area contributed by atoms with Crippen LogP contribution in [0.4, 0.5) is 10.1 Å². The summed E-state index contributed by atoms with van der Waals surface area (Å²) in [7, 11) is -2.23. The molecule has 2 N–H and O–H groups in total. The number of H-pyrrole nitrogens is 1. The van der Waals surface area contributed by atoms with Crippen LogP contribution in [-0.4, -0.2) is 18.0 Å². The number of hydrogen-bond donors (Lipinski definition) is 2. The van der Waals surface area contributed by atoms with E-state index >= 15 is 0 Å². The second-order valence-corrected chi connectivity index (χ2v) is 6.89. The number of nitrogens with zero attached hydrogens (tertiary/aromatic N) is 1. The van der Waals surface area contributed by atoms with Crippen LogP contribution in [0.2, 0.25) is 0 Å². The van der Waals surface area contributed by atoms with E-state index in [4.69, 9.17) is 0 Å². The van der Waals surface area contributed by atoms with Crippen molar-refractivity contribution >= 4 is 26.7 Å². The highest BCUT2D eigenvalue weighted by molar-refractivity contribution is 7.92. The molecule has 0 radical (unpaired) electrons. The average Bonchev–Trinajstić information content (AvgIpc) is 2.72. The smallest absolute Gasteiger partial charge is 0.305 e. The van der Waals surface area contributed by atoms with Gasteiger partial charge in [-0.15, -0.1) is 0 Å². The largest absolute Gasteiger partial charge is 0.326 e. The Morgan fingerprint density at radius 2 is 1.91 bits per heavy atom. The maximum Gasteiger partial charge on any atom is 0.326 e. The van der Waals surface area contributed by atoms with Gasteiger partial charge in [-0.25, -0.2) is 17.6 Å². The number of nitrogens with one attached hydrogen (secondary N) is 2. The third-order valence-corrected chi connectivity index (χ3v) is 5.12. The molecule has 23 heavy (non-hydrogen) atoms. The van der Waals surface area contributed by atoms with Crippen molar-refractivity contribution in [2.45, 2.75) is 11.8 Å². The number of rotatable bonds is 3. The third kappa shape index (κ3) is 2.72. The summed E-state index contributed by atoms with van der Waals surface area (Å²) in [5.41, 5.74) is 1.52. The van der Waals surface area contributed by atoms with Gasteiger partial charge >= 0.3 is 5.69 Å². The number of aromatic amines is 1. The zero-order chi connectivity index (χ0) is 16.8. The minimum absolute atomic E-state index is 0.000511. The highest BCUT2D eigenvalue weighted by atomic mass is 32.2. The van der Waals surface area contributed by atoms with Crippen LogP contribution in [0, 0.1) is 12.7 Å². The van der Waals surface area contributed by atoms with Gasteiger partial charge in [0.1, 0.15) is 5.82 Å². The Morgan fingerprint density at radius 3 is 2.61 bits per heavy atom. The Balaban J connectivity index is 2.01. The number of fused-ring (bicyclic) bond motifs is 1. The predicted octanol–water partition coefficient (Wildman–Crippen LogP) is 2.11. The van der Waals surface area contributed by atoms with E-state index in [-0.39, 0.29) is 10.6 Å². The van der Waals surface area contributed by atoms with Crippen LogP contribution in [0.5, 0.6) is 0 Å². The first-order valence-corrected chi connectivity index (χ1v) is 8.24. The van der Waals surface area contributed by atoms with E-state index in [1.54, 1.807) is 19.2 Å². The van der Waals surface area contributed by atoms with Crippen molar-refractivity contribution in [1.29, 1.82) is 0 Å². The quantitative estimate of drug-likeness (QED) is 0.769. The number of anilines is 1. The fraction of sp³-hybridized carbons (Fsp3) is 0.133. The summed E-state index contributed by atoms with van der Waals surface area (Å²) in [4.78, 5) is 14.2. The van der Waals surface area contributed by atoms with Crippen LogP contribution in [0.1, 0.15) is 5.56 Å². The van der Waals surface area contributed by atoms with Gasteiger partial charge in [0.15, 0.2) is 0 Å². The van der Waals surface area contributed by atoms with Crippen molar-refractivity contribution in [1.82, 2.24) is 9.55 Å². The lowest BCUT2D eigenvalue weighted by Gasteiger charge is -2.10. The van der Waals surface area contributed by atoms with E-state index < -0.39 is 15.8 Å². The maximum absolute atomic E-state index is 13.1. The topological polar surface area (TPSA) is 84.0 Å². The van der Waals surface area contributed by atoms with E-state index in [1.165, 1.54) is 23.6 Å². The molecule has 0 amide bonds. The number of sulfonamides is 1. The molecule has 3 aromatic rings. The molecule has 6 nitrogen and oxygen atoms in total. The van der Waals surface area contributed by atoms with E-state index in [1.807, 2.05) is 0 Å². The third-order valence-electron chi connectivity index (χ3n) is 3.58. The number of imidazole rings is 1. The first kappa shape index (κ1) is 15.3. The second-order valence-electron chi connectivity index (χ2n) is 5.24. The van der Waals surface area contributed by atoms with Crippen molar-refractivity contribution in [3.8, 4) is 0 Å². The van der Waals surface area contributed by atoms with Crippen molar-refractivity contribution < 1.29 is 12.8 Å². The maximum atomic E-state index is 13.1. The molecule has 0 saturated carbocycles. The molecule has 0 bridgehead atoms. The fourth-order valence-corrected chi connectivity index (χ4v) is 3.70. The molecule has 0 aliphatic heterocycles. The summed E-state index contributed by atoms with van der Waals surface area (Å²) in [6, 6.07) is 8.21. The summed E-state index contributed by atoms with van der Waals surface area (Å²) in [6.45, 7) is 1.52. The summed E-state index contributed by atoms with van der Waals surface area (Å²) in [6.07, 6.45) is 0. The molecular weight excluding hydrogens is 321 g/mol. The minimum atomic E-state index is -3.85. The highest BCUT2D eigenvalue weighted by Crippen LogP contribution is 2.22. The second kappa shape index (κ2) is 5.24. The number of benzene rings is 2. The van der Waals surface area contributed by atoms with Gasteiger partial charge in [0, 0.05) is 7.05 Å². The zero-order valence-electron chi connectivity index (χ0n) is 12.4. The van der Waals surface area contributed by atoms with E-state index in [2.05, 4.69) is 9.71 Å². The minimum Gasteiger partial charge on any atom is -0.305 e. The van der Waals surface area contributed by atoms with Gasteiger partial charge in [-0.1, -0.05) is 0 Å². The number of aromatic nitrogens is 2. The first-order valence-electron chi connectivity index (χ1n) is 6.76. The van der Waals surface area contributed by atoms with Gasteiger partial charge in [0.25, 0.3) is 10.0 Å². The molecule has 0 atom stereocenters. The van der Waals surface area contributed by atoms with E-state index in [9.17, 15) is 17.6 Å². The lowest BCUT2D eigenvalue weighted by atomic mass is 10.2. The monoisotopic (exact) mass is 335 g/mol. The van der Waals surface area contributed by atoms with Crippen LogP contribution >= 0.6 is 0 Å². The number of hydrogen-bond acceptors (Lipinski definition) is 3. The Morgan fingerprint density at radius 1 is 1.17 bits per heavy atom. The summed E-state index contributed by atoms with van der Waals surface area (Å²) < 4.78 is 41.9. The lowest BCUT2D eigenvalue weighted by Crippen LogP contribution is -2.14.